The zero-order valence-electron chi connectivity index (χ0n) is 20.8. The Hall–Kier alpha value is -1.13. The minimum absolute atomic E-state index is 0.201. The molecule has 1 aliphatic carbocycles. The molecule has 0 aromatic carbocycles. The second-order valence-electron chi connectivity index (χ2n) is 9.93. The highest BCUT2D eigenvalue weighted by Crippen LogP contribution is 2.31. The summed E-state index contributed by atoms with van der Waals surface area (Å²) in [5, 5.41) is 64.8. The predicted molar refractivity (Wildman–Crippen MR) is 127 cm³/mol. The Morgan fingerprint density at radius 2 is 1.55 bits per heavy atom. The quantitative estimate of drug-likeness (QED) is 0.126. The fourth-order valence-corrected chi connectivity index (χ4v) is 4.84. The molecule has 0 aromatic heterocycles. The van der Waals surface area contributed by atoms with Gasteiger partial charge < -0.3 is 83.6 Å². The Morgan fingerprint density at radius 1 is 0.895 bits per heavy atom. The Kier molecular flexibility index (Phi) is 11.1. The lowest BCUT2D eigenvalue weighted by Gasteiger charge is -2.50. The summed E-state index contributed by atoms with van der Waals surface area (Å²) in [4.78, 5) is 12.4. The second-order valence-corrected chi connectivity index (χ2v) is 9.93. The topological polar surface area (TPSA) is 318 Å². The third kappa shape index (κ3) is 6.60. The van der Waals surface area contributed by atoms with E-state index < -0.39 is 105 Å². The number of aliphatic hydroxyl groups excluding tert-OH is 6. The third-order valence-electron chi connectivity index (χ3n) is 7.28. The molecule has 17 nitrogen and oxygen atoms in total. The molecular weight excluding hydrogens is 512 g/mol. The van der Waals surface area contributed by atoms with Gasteiger partial charge in [-0.1, -0.05) is 0 Å². The molecule has 1 saturated carbocycles. The van der Waals surface area contributed by atoms with E-state index in [4.69, 9.17) is 47.6 Å². The van der Waals surface area contributed by atoms with Gasteiger partial charge in [0, 0.05) is 13.1 Å². The predicted octanol–water partition coefficient (Wildman–Crippen LogP) is -7.82. The second kappa shape index (κ2) is 13.5. The van der Waals surface area contributed by atoms with E-state index in [1.54, 1.807) is 0 Å². The number of carbonyl (C=O) groups excluding carboxylic acids is 1. The number of hydrogen-bond acceptors (Lipinski definition) is 16. The first-order valence-corrected chi connectivity index (χ1v) is 12.5. The molecule has 3 rings (SSSR count). The molecule has 2 aliphatic heterocycles. The van der Waals surface area contributed by atoms with Gasteiger partial charge in [0.1, 0.15) is 42.7 Å². The number of rotatable bonds is 9. The summed E-state index contributed by atoms with van der Waals surface area (Å²) in [6, 6.07) is -4.68. The smallest absolute Gasteiger partial charge is 0.250 e. The van der Waals surface area contributed by atoms with Crippen molar-refractivity contribution < 1.29 is 54.4 Å². The van der Waals surface area contributed by atoms with Crippen LogP contribution in [0.15, 0.2) is 0 Å². The SMILES string of the molecule is NCC1CCC(N)[C@@H](OC2C(O)[C@@H](O[C@H]3OC(CO)[C@H](O)[C@H](N)C3O)[C@H](NC(=O)C(O)CN)C(O)[C@@H]2N)O1. The average Bonchev–Trinajstić information content (AvgIpc) is 2.91. The molecule has 2 heterocycles. The lowest BCUT2D eigenvalue weighted by atomic mass is 9.81. The first kappa shape index (κ1) is 31.4. The van der Waals surface area contributed by atoms with Crippen LogP contribution in [-0.2, 0) is 23.7 Å². The van der Waals surface area contributed by atoms with E-state index in [0.29, 0.717) is 12.8 Å². The summed E-state index contributed by atoms with van der Waals surface area (Å²) in [5.41, 5.74) is 29.2. The van der Waals surface area contributed by atoms with Crippen molar-refractivity contribution in [2.75, 3.05) is 19.7 Å². The number of hydrogen-bond donors (Lipinski definition) is 12. The molecule has 0 aromatic rings. The average molecular weight is 555 g/mol. The Balaban J connectivity index is 1.88. The van der Waals surface area contributed by atoms with Gasteiger partial charge in [0.15, 0.2) is 12.6 Å². The van der Waals surface area contributed by atoms with E-state index in [-0.39, 0.29) is 12.6 Å². The van der Waals surface area contributed by atoms with Gasteiger partial charge in [-0.2, -0.15) is 0 Å². The van der Waals surface area contributed by atoms with Crippen molar-refractivity contribution in [3.8, 4) is 0 Å². The van der Waals surface area contributed by atoms with E-state index in [1.807, 2.05) is 0 Å². The monoisotopic (exact) mass is 554 g/mol. The van der Waals surface area contributed by atoms with Crippen LogP contribution in [0.2, 0.25) is 0 Å². The lowest BCUT2D eigenvalue weighted by molar-refractivity contribution is -0.319. The van der Waals surface area contributed by atoms with Gasteiger partial charge in [0.2, 0.25) is 0 Å². The molecule has 1 amide bonds. The van der Waals surface area contributed by atoms with Crippen LogP contribution in [0.3, 0.4) is 0 Å². The van der Waals surface area contributed by atoms with E-state index in [2.05, 4.69) is 5.32 Å². The Morgan fingerprint density at radius 3 is 2.16 bits per heavy atom. The minimum atomic E-state index is -1.69. The van der Waals surface area contributed by atoms with Crippen LogP contribution in [0.4, 0.5) is 0 Å². The van der Waals surface area contributed by atoms with Gasteiger partial charge in [-0.3, -0.25) is 4.79 Å². The van der Waals surface area contributed by atoms with Crippen molar-refractivity contribution in [3.63, 3.8) is 0 Å². The number of aliphatic hydroxyl groups is 6. The van der Waals surface area contributed by atoms with Crippen LogP contribution < -0.4 is 34.0 Å². The number of carbonyl (C=O) groups is 1. The molecule has 0 radical (unpaired) electrons. The molecular formula is C21H42N6O11. The Labute approximate surface area is 219 Å². The fourth-order valence-electron chi connectivity index (χ4n) is 4.84. The van der Waals surface area contributed by atoms with Crippen LogP contribution in [0, 0.1) is 0 Å². The van der Waals surface area contributed by atoms with Crippen molar-refractivity contribution in [1.82, 2.24) is 5.32 Å². The lowest BCUT2D eigenvalue weighted by Crippen LogP contribution is -2.74. The molecule has 15 atom stereocenters. The zero-order chi connectivity index (χ0) is 28.3. The van der Waals surface area contributed by atoms with Crippen molar-refractivity contribution in [2.24, 2.45) is 28.7 Å². The van der Waals surface area contributed by atoms with Gasteiger partial charge in [0.05, 0.1) is 43.0 Å². The third-order valence-corrected chi connectivity index (χ3v) is 7.28. The molecule has 38 heavy (non-hydrogen) atoms. The molecule has 17 N–H and O–H groups in total. The van der Waals surface area contributed by atoms with Gasteiger partial charge in [-0.25, -0.2) is 0 Å². The van der Waals surface area contributed by atoms with Gasteiger partial charge in [-0.05, 0) is 12.8 Å². The van der Waals surface area contributed by atoms with Crippen LogP contribution in [0.25, 0.3) is 0 Å². The summed E-state index contributed by atoms with van der Waals surface area (Å²) in [6.07, 6.45) is -14.1. The highest BCUT2D eigenvalue weighted by atomic mass is 16.7. The summed E-state index contributed by atoms with van der Waals surface area (Å²) >= 11 is 0. The summed E-state index contributed by atoms with van der Waals surface area (Å²) in [5.74, 6) is -0.988. The molecule has 0 spiro atoms. The van der Waals surface area contributed by atoms with Crippen LogP contribution in [-0.4, -0.2) is 148 Å². The highest BCUT2D eigenvalue weighted by molar-refractivity contribution is 5.81. The maximum absolute atomic E-state index is 12.4. The van der Waals surface area contributed by atoms with E-state index >= 15 is 0 Å². The molecule has 17 heteroatoms. The Bertz CT molecular complexity index is 771. The minimum Gasteiger partial charge on any atom is -0.394 e. The largest absolute Gasteiger partial charge is 0.394 e. The number of ether oxygens (including phenoxy) is 4. The van der Waals surface area contributed by atoms with Gasteiger partial charge in [0.25, 0.3) is 5.91 Å². The van der Waals surface area contributed by atoms with Crippen LogP contribution in [0.1, 0.15) is 12.8 Å². The molecule has 222 valence electrons. The van der Waals surface area contributed by atoms with Crippen LogP contribution >= 0.6 is 0 Å². The normalized spacial score (nSPS) is 46.9. The van der Waals surface area contributed by atoms with Crippen molar-refractivity contribution in [2.45, 2.75) is 105 Å². The van der Waals surface area contributed by atoms with Gasteiger partial charge >= 0.3 is 0 Å². The molecule has 3 fully saturated rings. The number of nitrogens with one attached hydrogen (secondary N) is 1. The standard InChI is InChI=1S/C21H42N6O11/c22-3-6-1-2-7(24)20(35-6)37-17-11(26)14(31)12(27-19(34)8(29)4-23)18(16(17)33)38-21-15(32)10(25)13(30)9(5-28)36-21/h6-18,20-21,28-33H,1-5,22-26H2,(H,27,34)/t6?,7?,8?,9?,10-,11-,12+,13-,14?,15?,16?,17?,18-,20+,21+/m0/s1. The maximum Gasteiger partial charge on any atom is 0.250 e. The van der Waals surface area contributed by atoms with Crippen molar-refractivity contribution in [1.29, 1.82) is 0 Å². The first-order chi connectivity index (χ1) is 17.9. The number of amides is 1. The summed E-state index contributed by atoms with van der Waals surface area (Å²) in [7, 11) is 0. The van der Waals surface area contributed by atoms with E-state index in [1.165, 1.54) is 0 Å². The van der Waals surface area contributed by atoms with Gasteiger partial charge in [-0.15, -0.1) is 0 Å². The van der Waals surface area contributed by atoms with Crippen LogP contribution in [0.5, 0.6) is 0 Å². The highest BCUT2D eigenvalue weighted by Gasteiger charge is 2.54. The maximum atomic E-state index is 12.4. The molecule has 8 unspecified atom stereocenters. The molecule has 2 saturated heterocycles. The fraction of sp³-hybridized carbons (Fsp3) is 0.952. The van der Waals surface area contributed by atoms with Crippen molar-refractivity contribution in [3.05, 3.63) is 0 Å². The summed E-state index contributed by atoms with van der Waals surface area (Å²) in [6.45, 7) is -0.905. The van der Waals surface area contributed by atoms with E-state index in [9.17, 15) is 35.4 Å². The van der Waals surface area contributed by atoms with E-state index in [0.717, 1.165) is 0 Å². The molecule has 0 bridgehead atoms. The number of nitrogens with two attached hydrogens (primary N) is 5. The first-order valence-electron chi connectivity index (χ1n) is 12.5. The molecule has 3 aliphatic rings. The summed E-state index contributed by atoms with van der Waals surface area (Å²) < 4.78 is 22.9. The zero-order valence-corrected chi connectivity index (χ0v) is 20.8. The van der Waals surface area contributed by atoms with Crippen molar-refractivity contribution >= 4 is 5.91 Å².